The average molecular weight is 218 g/mol. The van der Waals surface area contributed by atoms with Crippen LogP contribution in [-0.2, 0) is 11.2 Å². The second-order valence-electron chi connectivity index (χ2n) is 3.71. The van der Waals surface area contributed by atoms with Gasteiger partial charge >= 0.3 is 5.97 Å². The SMILES string of the molecule is CCCc1cnc2[nH]c(C(=O)OC)cc2c1. The van der Waals surface area contributed by atoms with E-state index in [0.29, 0.717) is 5.69 Å². The Balaban J connectivity index is 2.41. The van der Waals surface area contributed by atoms with Gasteiger partial charge in [-0.1, -0.05) is 13.3 Å². The highest BCUT2D eigenvalue weighted by Gasteiger charge is 2.09. The number of methoxy groups -OCH3 is 1. The molecule has 0 fully saturated rings. The fourth-order valence-electron chi connectivity index (χ4n) is 1.71. The van der Waals surface area contributed by atoms with Crippen LogP contribution in [0.15, 0.2) is 18.3 Å². The lowest BCUT2D eigenvalue weighted by molar-refractivity contribution is 0.0595. The molecule has 0 unspecified atom stereocenters. The molecule has 0 saturated heterocycles. The van der Waals surface area contributed by atoms with Crippen LogP contribution in [-0.4, -0.2) is 23.0 Å². The summed E-state index contributed by atoms with van der Waals surface area (Å²) in [5, 5.41) is 0.950. The lowest BCUT2D eigenvalue weighted by atomic mass is 10.1. The first-order valence-electron chi connectivity index (χ1n) is 5.30. The number of hydrogen-bond acceptors (Lipinski definition) is 3. The Bertz CT molecular complexity index is 517. The third kappa shape index (κ3) is 1.91. The molecular weight excluding hydrogens is 204 g/mol. The topological polar surface area (TPSA) is 55.0 Å². The molecule has 0 spiro atoms. The van der Waals surface area contributed by atoms with Crippen molar-refractivity contribution in [1.82, 2.24) is 9.97 Å². The van der Waals surface area contributed by atoms with E-state index in [-0.39, 0.29) is 5.97 Å². The van der Waals surface area contributed by atoms with Crippen LogP contribution in [0.5, 0.6) is 0 Å². The zero-order valence-corrected chi connectivity index (χ0v) is 9.41. The molecule has 0 amide bonds. The molecule has 0 aliphatic heterocycles. The quantitative estimate of drug-likeness (QED) is 0.804. The number of H-pyrrole nitrogens is 1. The van der Waals surface area contributed by atoms with E-state index in [4.69, 9.17) is 0 Å². The maximum atomic E-state index is 11.3. The summed E-state index contributed by atoms with van der Waals surface area (Å²) in [5.41, 5.74) is 2.35. The van der Waals surface area contributed by atoms with Crippen molar-refractivity contribution in [2.45, 2.75) is 19.8 Å². The van der Waals surface area contributed by atoms with Crippen molar-refractivity contribution < 1.29 is 9.53 Å². The molecule has 4 nitrogen and oxygen atoms in total. The monoisotopic (exact) mass is 218 g/mol. The number of carbonyl (C=O) groups excluding carboxylic acids is 1. The number of carbonyl (C=O) groups is 1. The Kier molecular flexibility index (Phi) is 2.90. The van der Waals surface area contributed by atoms with Gasteiger partial charge in [-0.3, -0.25) is 0 Å². The van der Waals surface area contributed by atoms with E-state index in [1.165, 1.54) is 12.7 Å². The van der Waals surface area contributed by atoms with Crippen LogP contribution in [0.25, 0.3) is 11.0 Å². The van der Waals surface area contributed by atoms with Crippen LogP contribution in [0, 0.1) is 0 Å². The second kappa shape index (κ2) is 4.35. The standard InChI is InChI=1S/C12H14N2O2/c1-3-4-8-5-9-6-10(12(15)16-2)14-11(9)13-7-8/h5-7H,3-4H2,1-2H3,(H,13,14). The minimum atomic E-state index is -0.366. The maximum Gasteiger partial charge on any atom is 0.354 e. The van der Waals surface area contributed by atoms with Gasteiger partial charge in [-0.15, -0.1) is 0 Å². The molecular formula is C12H14N2O2. The van der Waals surface area contributed by atoms with Gasteiger partial charge in [0.1, 0.15) is 11.3 Å². The summed E-state index contributed by atoms with van der Waals surface area (Å²) < 4.78 is 4.65. The van der Waals surface area contributed by atoms with Crippen molar-refractivity contribution in [2.24, 2.45) is 0 Å². The number of rotatable bonds is 3. The highest BCUT2D eigenvalue weighted by atomic mass is 16.5. The molecule has 84 valence electrons. The van der Waals surface area contributed by atoms with Crippen LogP contribution in [0.2, 0.25) is 0 Å². The first kappa shape index (κ1) is 10.7. The van der Waals surface area contributed by atoms with Gasteiger partial charge < -0.3 is 9.72 Å². The fraction of sp³-hybridized carbons (Fsp3) is 0.333. The van der Waals surface area contributed by atoms with Gasteiger partial charge in [0.05, 0.1) is 7.11 Å². The Morgan fingerprint density at radius 2 is 2.31 bits per heavy atom. The van der Waals surface area contributed by atoms with E-state index in [9.17, 15) is 4.79 Å². The third-order valence-electron chi connectivity index (χ3n) is 2.47. The summed E-state index contributed by atoms with van der Waals surface area (Å²) in [6.07, 6.45) is 3.92. The number of nitrogens with one attached hydrogen (secondary N) is 1. The summed E-state index contributed by atoms with van der Waals surface area (Å²) in [4.78, 5) is 18.5. The number of aromatic nitrogens is 2. The lowest BCUT2D eigenvalue weighted by Crippen LogP contribution is -2.00. The van der Waals surface area contributed by atoms with Crippen molar-refractivity contribution in [1.29, 1.82) is 0 Å². The highest BCUT2D eigenvalue weighted by molar-refractivity contribution is 5.93. The lowest BCUT2D eigenvalue weighted by Gasteiger charge is -1.96. The van der Waals surface area contributed by atoms with Crippen molar-refractivity contribution in [3.8, 4) is 0 Å². The van der Waals surface area contributed by atoms with E-state index >= 15 is 0 Å². The van der Waals surface area contributed by atoms with E-state index in [1.54, 1.807) is 6.07 Å². The Hall–Kier alpha value is -1.84. The minimum absolute atomic E-state index is 0.366. The van der Waals surface area contributed by atoms with Crippen molar-refractivity contribution >= 4 is 17.0 Å². The zero-order chi connectivity index (χ0) is 11.5. The van der Waals surface area contributed by atoms with Crippen LogP contribution in [0.1, 0.15) is 29.4 Å². The molecule has 2 aromatic heterocycles. The molecule has 0 aliphatic carbocycles. The maximum absolute atomic E-state index is 11.3. The van der Waals surface area contributed by atoms with Gasteiger partial charge in [0.15, 0.2) is 0 Å². The smallest absolute Gasteiger partial charge is 0.354 e. The number of pyridine rings is 1. The summed E-state index contributed by atoms with van der Waals surface area (Å²) in [6, 6.07) is 3.82. The summed E-state index contributed by atoms with van der Waals surface area (Å²) in [7, 11) is 1.36. The van der Waals surface area contributed by atoms with Crippen molar-refractivity contribution in [2.75, 3.05) is 7.11 Å². The minimum Gasteiger partial charge on any atom is -0.464 e. The molecule has 4 heteroatoms. The molecule has 0 bridgehead atoms. The van der Waals surface area contributed by atoms with Crippen molar-refractivity contribution in [3.63, 3.8) is 0 Å². The number of hydrogen-bond donors (Lipinski definition) is 1. The number of ether oxygens (including phenoxy) is 1. The van der Waals surface area contributed by atoms with Gasteiger partial charge in [0.25, 0.3) is 0 Å². The predicted molar refractivity (Wildman–Crippen MR) is 61.4 cm³/mol. The second-order valence-corrected chi connectivity index (χ2v) is 3.71. The van der Waals surface area contributed by atoms with E-state index in [0.717, 1.165) is 23.9 Å². The summed E-state index contributed by atoms with van der Waals surface area (Å²) >= 11 is 0. The van der Waals surface area contributed by atoms with Gasteiger partial charge in [0, 0.05) is 11.6 Å². The molecule has 1 N–H and O–H groups in total. The Labute approximate surface area is 93.6 Å². The van der Waals surface area contributed by atoms with Crippen LogP contribution in [0.4, 0.5) is 0 Å². The molecule has 0 saturated carbocycles. The number of fused-ring (bicyclic) bond motifs is 1. The molecule has 16 heavy (non-hydrogen) atoms. The number of esters is 1. The number of aromatic amines is 1. The van der Waals surface area contributed by atoms with Gasteiger partial charge in [-0.25, -0.2) is 9.78 Å². The first-order valence-corrected chi connectivity index (χ1v) is 5.30. The zero-order valence-electron chi connectivity index (χ0n) is 9.41. The molecule has 2 heterocycles. The molecule has 2 rings (SSSR count). The van der Waals surface area contributed by atoms with Crippen LogP contribution < -0.4 is 0 Å². The van der Waals surface area contributed by atoms with E-state index < -0.39 is 0 Å². The Morgan fingerprint density at radius 1 is 1.50 bits per heavy atom. The normalized spacial score (nSPS) is 10.6. The van der Waals surface area contributed by atoms with Crippen LogP contribution in [0.3, 0.4) is 0 Å². The van der Waals surface area contributed by atoms with Crippen LogP contribution >= 0.6 is 0 Å². The summed E-state index contributed by atoms with van der Waals surface area (Å²) in [5.74, 6) is -0.366. The summed E-state index contributed by atoms with van der Waals surface area (Å²) in [6.45, 7) is 2.13. The van der Waals surface area contributed by atoms with Gasteiger partial charge in [0.2, 0.25) is 0 Å². The average Bonchev–Trinajstić information content (AvgIpc) is 2.71. The third-order valence-corrected chi connectivity index (χ3v) is 2.47. The molecule has 0 atom stereocenters. The highest BCUT2D eigenvalue weighted by Crippen LogP contribution is 2.16. The first-order chi connectivity index (χ1) is 7.74. The molecule has 2 aromatic rings. The van der Waals surface area contributed by atoms with Crippen molar-refractivity contribution in [3.05, 3.63) is 29.6 Å². The molecule has 0 radical (unpaired) electrons. The van der Waals surface area contributed by atoms with Gasteiger partial charge in [-0.2, -0.15) is 0 Å². The molecule has 0 aromatic carbocycles. The fourth-order valence-corrected chi connectivity index (χ4v) is 1.71. The number of aryl methyl sites for hydroxylation is 1. The van der Waals surface area contributed by atoms with Gasteiger partial charge in [-0.05, 0) is 24.1 Å². The Morgan fingerprint density at radius 3 is 3.00 bits per heavy atom. The number of nitrogens with zero attached hydrogens (tertiary/aromatic N) is 1. The predicted octanol–water partition coefficient (Wildman–Crippen LogP) is 2.30. The van der Waals surface area contributed by atoms with E-state index in [2.05, 4.69) is 27.7 Å². The largest absolute Gasteiger partial charge is 0.464 e. The van der Waals surface area contributed by atoms with E-state index in [1.807, 2.05) is 6.20 Å². The molecule has 0 aliphatic rings.